The monoisotopic (exact) mass is 1580 g/mol. The second-order valence-corrected chi connectivity index (χ2v) is 34.7. The van der Waals surface area contributed by atoms with Gasteiger partial charge in [-0.05, 0) is 205 Å². The normalized spacial score (nSPS) is 14.0. The summed E-state index contributed by atoms with van der Waals surface area (Å²) in [4.78, 5) is 4.13. The summed E-state index contributed by atoms with van der Waals surface area (Å²) in [7, 11) is 0. The van der Waals surface area contributed by atoms with Gasteiger partial charge in [0.25, 0.3) is 6.71 Å². The lowest BCUT2D eigenvalue weighted by Gasteiger charge is -2.46. The minimum absolute atomic E-state index is 0.0712. The van der Waals surface area contributed by atoms with E-state index >= 15 is 0 Å². The summed E-state index contributed by atoms with van der Waals surface area (Å²) in [5.74, 6) is 0. The number of anilines is 6. The van der Waals surface area contributed by atoms with E-state index in [9.17, 15) is 15.1 Å². The highest BCUT2D eigenvalue weighted by molar-refractivity contribution is 7.00. The zero-order valence-electron chi connectivity index (χ0n) is 79.6. The van der Waals surface area contributed by atoms with Crippen LogP contribution in [-0.4, -0.2) is 25.0 Å². The zero-order valence-corrected chi connectivity index (χ0v) is 68.6. The van der Waals surface area contributed by atoms with Crippen molar-refractivity contribution in [1.82, 2.24) is 18.3 Å². The van der Waals surface area contributed by atoms with Gasteiger partial charge in [-0.2, -0.15) is 0 Å². The zero-order chi connectivity index (χ0) is 91.7. The fraction of sp³-hybridized carbons (Fsp3) is 0.0690. The van der Waals surface area contributed by atoms with Crippen LogP contribution in [0.25, 0.3) is 166 Å². The smallest absolute Gasteiger partial charge is 0.252 e. The van der Waals surface area contributed by atoms with Crippen LogP contribution in [0.4, 0.5) is 34.1 Å². The van der Waals surface area contributed by atoms with Crippen molar-refractivity contribution in [2.45, 2.75) is 52.4 Å². The van der Waals surface area contributed by atoms with Crippen LogP contribution in [0.1, 0.15) is 67.7 Å². The predicted octanol–water partition coefficient (Wildman–Crippen LogP) is 29.1. The van der Waals surface area contributed by atoms with Crippen molar-refractivity contribution in [3.63, 3.8) is 0 Å². The summed E-state index contributed by atoms with van der Waals surface area (Å²) in [6.07, 6.45) is 0. The fourth-order valence-corrected chi connectivity index (χ4v) is 19.8. The van der Waals surface area contributed by atoms with Gasteiger partial charge in [-0.1, -0.05) is 314 Å². The molecule has 582 valence electrons. The molecule has 4 aromatic heterocycles. The van der Waals surface area contributed by atoms with Crippen molar-refractivity contribution in [1.29, 1.82) is 0 Å². The Hall–Kier alpha value is -15.2. The van der Waals surface area contributed by atoms with Crippen LogP contribution in [0.2, 0.25) is 0 Å². The molecule has 24 rings (SSSR count). The molecule has 0 saturated heterocycles. The van der Waals surface area contributed by atoms with Gasteiger partial charge in [-0.3, -0.25) is 0 Å². The van der Waals surface area contributed by atoms with E-state index < -0.39 is 47.8 Å². The second-order valence-electron chi connectivity index (χ2n) is 34.7. The molecule has 0 unspecified atom stereocenters. The molecule has 0 radical (unpaired) electrons. The fourth-order valence-electron chi connectivity index (χ4n) is 19.8. The third-order valence-corrected chi connectivity index (χ3v) is 25.5. The average Bonchev–Trinajstić information content (AvgIpc) is 0.914. The maximum absolute atomic E-state index is 12.1. The minimum Gasteiger partial charge on any atom is -0.310 e. The number of fused-ring (bicyclic) bond motifs is 16. The van der Waals surface area contributed by atoms with E-state index in [1.807, 2.05) is 130 Å². The Morgan fingerprint density at radius 3 is 0.837 bits per heavy atom. The molecule has 6 heterocycles. The van der Waals surface area contributed by atoms with Crippen LogP contribution in [0.5, 0.6) is 0 Å². The van der Waals surface area contributed by atoms with Gasteiger partial charge in [0.1, 0.15) is 0 Å². The largest absolute Gasteiger partial charge is 0.310 e. The van der Waals surface area contributed by atoms with Crippen molar-refractivity contribution in [2.75, 3.05) is 9.80 Å². The highest BCUT2D eigenvalue weighted by Gasteiger charge is 2.47. The van der Waals surface area contributed by atoms with Crippen LogP contribution >= 0.6 is 0 Å². The van der Waals surface area contributed by atoms with Gasteiger partial charge in [-0.25, -0.2) is 0 Å². The number of rotatable bonds is 11. The number of benzene rings is 18. The quantitative estimate of drug-likeness (QED) is 0.121. The van der Waals surface area contributed by atoms with Gasteiger partial charge in [0.2, 0.25) is 0 Å². The second kappa shape index (κ2) is 27.7. The lowest BCUT2D eigenvalue weighted by atomic mass is 9.33. The maximum atomic E-state index is 12.1. The predicted molar refractivity (Wildman–Crippen MR) is 522 cm³/mol. The molecule has 0 atom stereocenters. The standard InChI is InChI=1S/C116H85BN6/c1-115(2,3)80-66-92(75-36-14-8-15-37-75)113(93(67-80)76-38-16-9-17-39-76)122-108-72-84(120-104-54-32-26-48-90(104)96-70-82(58-62-106(96)120)118-100-50-28-22-44-86(100)87-45-23-29-51-101(87)118)56-60-98(108)117-99-61-57-85(121-105-55-33-27-49-91(105)97-71-83(59-63-107(97)121)119-102-52-30-24-46-88(102)89-47-25-31-53-103(89)119)73-109(99)123(111-65-79(64-110(122)112(111)117)74-34-12-7-13-35-74)114-94(77-40-18-10-19-41-77)68-81(116(4,5)6)69-95(114)78-42-20-11-21-43-78/h7-73H,1-6H3/i7D,12D,13D,34D,35D,56D,57D,60D,61D,72D,73D. The summed E-state index contributed by atoms with van der Waals surface area (Å²) < 4.78 is 129. The van der Waals surface area contributed by atoms with Crippen LogP contribution in [0, 0.1) is 0 Å². The SMILES string of the molecule is [2H]c1c([2H])c([2H])c(-c2cc3c4c(c2)N(c2c(-c5ccccc5)cc(C(C)(C)C)cc2-c2ccccc2)c2c([2H])c(-n5c6ccccc6c6cc(-n7c8ccccc8c8ccccc87)ccc65)c([2H])c([2H])c2B4c2c([2H])c([2H])c(-n4c5ccccc5c5cc(-n6c7ccccc7c7ccccc76)ccc54)c([2H])c2N3c2c(-c3ccccc3)cc(C(C)(C)C)cc2-c2ccccc2)c([2H])c1[2H]. The minimum atomic E-state index is -1.42. The van der Waals surface area contributed by atoms with E-state index in [-0.39, 0.29) is 81.1 Å². The Morgan fingerprint density at radius 1 is 0.236 bits per heavy atom. The number of para-hydroxylation sites is 6. The molecule has 0 aliphatic carbocycles. The molecule has 0 fully saturated rings. The van der Waals surface area contributed by atoms with E-state index in [0.29, 0.717) is 72.5 Å². The summed E-state index contributed by atoms with van der Waals surface area (Å²) in [6.45, 7) is 11.7. The Balaban J connectivity index is 0.899. The third-order valence-electron chi connectivity index (χ3n) is 25.5. The van der Waals surface area contributed by atoms with E-state index in [1.165, 1.54) is 0 Å². The molecular formula is C116H85BN6. The summed E-state index contributed by atoms with van der Waals surface area (Å²) >= 11 is 0. The summed E-state index contributed by atoms with van der Waals surface area (Å²) in [5, 5.41) is 7.68. The van der Waals surface area contributed by atoms with Gasteiger partial charge >= 0.3 is 0 Å². The van der Waals surface area contributed by atoms with Crippen molar-refractivity contribution in [3.8, 4) is 78.4 Å². The molecule has 0 saturated carbocycles. The van der Waals surface area contributed by atoms with E-state index in [4.69, 9.17) is 0 Å². The van der Waals surface area contributed by atoms with Gasteiger partial charge < -0.3 is 28.1 Å². The molecule has 22 aromatic rings. The van der Waals surface area contributed by atoms with Gasteiger partial charge in [0, 0.05) is 111 Å². The molecule has 6 nitrogen and oxygen atoms in total. The molecule has 0 N–H and O–H groups in total. The maximum Gasteiger partial charge on any atom is 0.252 e. The van der Waals surface area contributed by atoms with Crippen molar-refractivity contribution >= 4 is 144 Å². The lowest BCUT2D eigenvalue weighted by molar-refractivity contribution is 0.590. The first-order valence-electron chi connectivity index (χ1n) is 47.7. The molecule has 18 aromatic carbocycles. The van der Waals surface area contributed by atoms with Crippen LogP contribution in [0.15, 0.2) is 406 Å². The van der Waals surface area contributed by atoms with E-state index in [0.717, 1.165) is 110 Å². The van der Waals surface area contributed by atoms with Gasteiger partial charge in [-0.15, -0.1) is 0 Å². The number of hydrogen-bond donors (Lipinski definition) is 0. The Labute approximate surface area is 731 Å². The van der Waals surface area contributed by atoms with E-state index in [2.05, 4.69) is 279 Å². The van der Waals surface area contributed by atoms with Crippen molar-refractivity contribution in [2.24, 2.45) is 0 Å². The third kappa shape index (κ3) is 11.3. The molecule has 7 heteroatoms. The van der Waals surface area contributed by atoms with Gasteiger partial charge in [0.05, 0.1) is 70.6 Å². The first-order chi connectivity index (χ1) is 64.9. The highest BCUT2D eigenvalue weighted by atomic mass is 15.2. The Bertz CT molecular complexity index is 8080. The molecule has 0 bridgehead atoms. The molecule has 0 amide bonds. The average molecular weight is 1580 g/mol. The van der Waals surface area contributed by atoms with Gasteiger partial charge in [0.15, 0.2) is 0 Å². The molecule has 2 aliphatic heterocycles. The molecule has 123 heavy (non-hydrogen) atoms. The molecule has 0 spiro atoms. The topological polar surface area (TPSA) is 26.2 Å². The van der Waals surface area contributed by atoms with Crippen LogP contribution in [0.3, 0.4) is 0 Å². The Morgan fingerprint density at radius 2 is 0.520 bits per heavy atom. The number of aromatic nitrogens is 4. The van der Waals surface area contributed by atoms with Crippen LogP contribution in [-0.2, 0) is 10.8 Å². The van der Waals surface area contributed by atoms with E-state index in [1.54, 1.807) is 0 Å². The highest BCUT2D eigenvalue weighted by Crippen LogP contribution is 2.56. The first kappa shape index (κ1) is 61.2. The molecular weight excluding hydrogens is 1490 g/mol. The summed E-state index contributed by atoms with van der Waals surface area (Å²) in [5.41, 5.74) is 18.4. The first-order valence-corrected chi connectivity index (χ1v) is 42.2. The molecule has 2 aliphatic rings. The van der Waals surface area contributed by atoms with Crippen LogP contribution < -0.4 is 26.2 Å². The summed E-state index contributed by atoms with van der Waals surface area (Å²) in [6, 6.07) is 111. The van der Waals surface area contributed by atoms with Crippen molar-refractivity contribution in [3.05, 3.63) is 417 Å². The lowest BCUT2D eigenvalue weighted by Crippen LogP contribution is -2.61. The number of nitrogens with zero attached hydrogens (tertiary/aromatic N) is 6. The Kier molecular flexibility index (Phi) is 13.8. The number of hydrogen-bond acceptors (Lipinski definition) is 2. The van der Waals surface area contributed by atoms with Crippen molar-refractivity contribution < 1.29 is 15.1 Å².